The number of hydrogen-bond acceptors (Lipinski definition) is 2. The largest absolute Gasteiger partial charge is 0.478 e. The molecule has 0 bridgehead atoms. The molecule has 1 saturated carbocycles. The van der Waals surface area contributed by atoms with Crippen molar-refractivity contribution < 1.29 is 9.90 Å². The lowest BCUT2D eigenvalue weighted by Gasteiger charge is -2.27. The Morgan fingerprint density at radius 1 is 1.22 bits per heavy atom. The van der Waals surface area contributed by atoms with Gasteiger partial charge in [-0.2, -0.15) is 0 Å². The van der Waals surface area contributed by atoms with Crippen LogP contribution < -0.4 is 5.32 Å². The van der Waals surface area contributed by atoms with E-state index >= 15 is 0 Å². The van der Waals surface area contributed by atoms with Crippen molar-refractivity contribution in [3.63, 3.8) is 0 Å². The summed E-state index contributed by atoms with van der Waals surface area (Å²) in [5, 5.41) is 14.1. The number of nitrogens with zero attached hydrogens (tertiary/aromatic N) is 1. The van der Waals surface area contributed by atoms with Crippen molar-refractivity contribution in [2.45, 2.75) is 65.6 Å². The topological polar surface area (TPSA) is 54.3 Å². The molecule has 27 heavy (non-hydrogen) atoms. The van der Waals surface area contributed by atoms with Crippen LogP contribution in [0.4, 0.5) is 0 Å². The second-order valence-electron chi connectivity index (χ2n) is 7.88. The Morgan fingerprint density at radius 3 is 2.56 bits per heavy atom. The minimum absolute atomic E-state index is 0.436. The summed E-state index contributed by atoms with van der Waals surface area (Å²) >= 11 is 6.11. The summed E-state index contributed by atoms with van der Waals surface area (Å²) in [6.07, 6.45) is 4.84. The van der Waals surface area contributed by atoms with Crippen LogP contribution in [-0.4, -0.2) is 21.7 Å². The Hall–Kier alpha value is -1.78. The van der Waals surface area contributed by atoms with Gasteiger partial charge in [0, 0.05) is 41.1 Å². The molecular weight excluding hydrogens is 360 g/mol. The van der Waals surface area contributed by atoms with Crippen molar-refractivity contribution in [1.29, 1.82) is 0 Å². The molecule has 1 heterocycles. The zero-order chi connectivity index (χ0) is 19.6. The van der Waals surface area contributed by atoms with E-state index in [0.29, 0.717) is 29.7 Å². The van der Waals surface area contributed by atoms with E-state index in [-0.39, 0.29) is 0 Å². The Balaban J connectivity index is 1.83. The highest BCUT2D eigenvalue weighted by molar-refractivity contribution is 6.30. The van der Waals surface area contributed by atoms with Crippen molar-refractivity contribution in [3.8, 4) is 0 Å². The van der Waals surface area contributed by atoms with Gasteiger partial charge in [0.1, 0.15) is 0 Å². The van der Waals surface area contributed by atoms with E-state index in [1.807, 2.05) is 38.1 Å². The van der Waals surface area contributed by atoms with Gasteiger partial charge in [-0.1, -0.05) is 30.7 Å². The van der Waals surface area contributed by atoms with Crippen LogP contribution in [0.2, 0.25) is 5.02 Å². The van der Waals surface area contributed by atoms with E-state index in [9.17, 15) is 9.90 Å². The molecule has 1 aliphatic rings. The minimum Gasteiger partial charge on any atom is -0.478 e. The second kappa shape index (κ2) is 8.49. The maximum atomic E-state index is 11.9. The van der Waals surface area contributed by atoms with E-state index in [4.69, 9.17) is 11.6 Å². The predicted octanol–water partition coefficient (Wildman–Crippen LogP) is 5.17. The van der Waals surface area contributed by atoms with Crippen molar-refractivity contribution >= 4 is 17.6 Å². The average Bonchev–Trinajstić information content (AvgIpc) is 2.85. The lowest BCUT2D eigenvalue weighted by molar-refractivity contribution is 0.0694. The molecule has 0 unspecified atom stereocenters. The summed E-state index contributed by atoms with van der Waals surface area (Å²) < 4.78 is 2.09. The fraction of sp³-hybridized carbons (Fsp3) is 0.500. The molecule has 1 fully saturated rings. The van der Waals surface area contributed by atoms with Crippen LogP contribution in [0.3, 0.4) is 0 Å². The highest BCUT2D eigenvalue weighted by Crippen LogP contribution is 2.27. The molecule has 5 heteroatoms. The first-order chi connectivity index (χ1) is 12.9. The highest BCUT2D eigenvalue weighted by Gasteiger charge is 2.24. The van der Waals surface area contributed by atoms with Gasteiger partial charge in [0.2, 0.25) is 0 Å². The van der Waals surface area contributed by atoms with E-state index < -0.39 is 5.97 Å². The van der Waals surface area contributed by atoms with Gasteiger partial charge < -0.3 is 15.0 Å². The molecule has 0 saturated heterocycles. The normalized spacial score (nSPS) is 20.0. The number of halogens is 1. The summed E-state index contributed by atoms with van der Waals surface area (Å²) in [5.41, 5.74) is 4.23. The van der Waals surface area contributed by atoms with Gasteiger partial charge in [-0.3, -0.25) is 0 Å². The van der Waals surface area contributed by atoms with Gasteiger partial charge in [-0.05, 0) is 63.1 Å². The van der Waals surface area contributed by atoms with Crippen LogP contribution in [0.1, 0.15) is 65.5 Å². The van der Waals surface area contributed by atoms with Crippen molar-refractivity contribution in [1.82, 2.24) is 9.88 Å². The summed E-state index contributed by atoms with van der Waals surface area (Å²) in [6, 6.07) is 8.22. The molecule has 146 valence electrons. The molecule has 2 N–H and O–H groups in total. The molecule has 1 aromatic heterocycles. The fourth-order valence-electron chi connectivity index (χ4n) is 4.21. The maximum Gasteiger partial charge on any atom is 0.337 e. The van der Waals surface area contributed by atoms with E-state index in [2.05, 4.69) is 16.8 Å². The van der Waals surface area contributed by atoms with Crippen LogP contribution >= 0.6 is 11.6 Å². The molecule has 0 radical (unpaired) electrons. The van der Waals surface area contributed by atoms with Crippen LogP contribution in [-0.2, 0) is 13.1 Å². The van der Waals surface area contributed by atoms with Gasteiger partial charge in [0.05, 0.1) is 5.56 Å². The second-order valence-corrected chi connectivity index (χ2v) is 8.32. The lowest BCUT2D eigenvalue weighted by atomic mass is 9.87. The molecule has 4 nitrogen and oxygen atoms in total. The third kappa shape index (κ3) is 4.56. The minimum atomic E-state index is -0.852. The Labute approximate surface area is 166 Å². The number of rotatable bonds is 6. The zero-order valence-electron chi connectivity index (χ0n) is 16.4. The number of carboxylic acid groups (broad SMARTS) is 1. The van der Waals surface area contributed by atoms with Crippen molar-refractivity contribution in [2.24, 2.45) is 5.92 Å². The van der Waals surface area contributed by atoms with Gasteiger partial charge in [0.25, 0.3) is 0 Å². The number of carboxylic acids is 1. The molecule has 2 aromatic rings. The van der Waals surface area contributed by atoms with Gasteiger partial charge in [-0.25, -0.2) is 4.79 Å². The SMILES string of the molecule is Cc1c(CNC2CCC(C)CC2)c(C(=O)O)c(C)n1Cc1cccc(Cl)c1. The Morgan fingerprint density at radius 2 is 1.93 bits per heavy atom. The highest BCUT2D eigenvalue weighted by atomic mass is 35.5. The lowest BCUT2D eigenvalue weighted by Crippen LogP contribution is -2.32. The maximum absolute atomic E-state index is 11.9. The van der Waals surface area contributed by atoms with E-state index in [1.165, 1.54) is 25.7 Å². The van der Waals surface area contributed by atoms with E-state index in [0.717, 1.165) is 28.4 Å². The van der Waals surface area contributed by atoms with E-state index in [1.54, 1.807) is 0 Å². The standard InChI is InChI=1S/C22H29ClN2O2/c1-14-7-9-19(10-8-14)24-12-20-15(2)25(16(3)21(20)22(26)27)13-17-5-4-6-18(23)11-17/h4-6,11,14,19,24H,7-10,12-13H2,1-3H3,(H,26,27). The number of carbonyl (C=O) groups is 1. The Bertz CT molecular complexity index is 820. The van der Waals surface area contributed by atoms with Crippen LogP contribution in [0.5, 0.6) is 0 Å². The third-order valence-electron chi connectivity index (χ3n) is 5.94. The molecule has 0 aliphatic heterocycles. The van der Waals surface area contributed by atoms with Crippen molar-refractivity contribution in [2.75, 3.05) is 0 Å². The number of aromatic nitrogens is 1. The summed E-state index contributed by atoms with van der Waals surface area (Å²) in [5.74, 6) is -0.0464. The first kappa shape index (κ1) is 20.0. The first-order valence-electron chi connectivity index (χ1n) is 9.76. The van der Waals surface area contributed by atoms with Crippen LogP contribution in [0.25, 0.3) is 0 Å². The molecule has 0 amide bonds. The van der Waals surface area contributed by atoms with Crippen LogP contribution in [0.15, 0.2) is 24.3 Å². The third-order valence-corrected chi connectivity index (χ3v) is 6.17. The monoisotopic (exact) mass is 388 g/mol. The quantitative estimate of drug-likeness (QED) is 0.717. The molecule has 0 spiro atoms. The molecular formula is C22H29ClN2O2. The molecule has 1 aromatic carbocycles. The van der Waals surface area contributed by atoms with Gasteiger partial charge >= 0.3 is 5.97 Å². The molecule has 1 aliphatic carbocycles. The smallest absolute Gasteiger partial charge is 0.337 e. The predicted molar refractivity (Wildman–Crippen MR) is 110 cm³/mol. The zero-order valence-corrected chi connectivity index (χ0v) is 17.1. The molecule has 0 atom stereocenters. The summed E-state index contributed by atoms with van der Waals surface area (Å²) in [4.78, 5) is 11.9. The number of hydrogen-bond donors (Lipinski definition) is 2. The average molecular weight is 389 g/mol. The summed E-state index contributed by atoms with van der Waals surface area (Å²) in [6.45, 7) is 7.45. The summed E-state index contributed by atoms with van der Waals surface area (Å²) in [7, 11) is 0. The Kier molecular flexibility index (Phi) is 6.28. The van der Waals surface area contributed by atoms with Crippen molar-refractivity contribution in [3.05, 3.63) is 57.4 Å². The number of benzene rings is 1. The molecule has 3 rings (SSSR count). The van der Waals surface area contributed by atoms with Gasteiger partial charge in [-0.15, -0.1) is 0 Å². The van der Waals surface area contributed by atoms with Crippen LogP contribution in [0, 0.1) is 19.8 Å². The van der Waals surface area contributed by atoms with Gasteiger partial charge in [0.15, 0.2) is 0 Å². The first-order valence-corrected chi connectivity index (χ1v) is 10.1. The number of nitrogens with one attached hydrogen (secondary N) is 1. The number of aromatic carboxylic acids is 1. The fourth-order valence-corrected chi connectivity index (χ4v) is 4.43.